The van der Waals surface area contributed by atoms with Gasteiger partial charge in [0.1, 0.15) is 0 Å². The molecular formula is C11H12. The Balaban J connectivity index is 2.76. The number of benzene rings is 1. The SMILES string of the molecule is [CH2]C=CC([CH2])c1ccccc1. The van der Waals surface area contributed by atoms with E-state index in [-0.39, 0.29) is 5.92 Å². The Kier molecular flexibility index (Phi) is 2.91. The molecule has 0 saturated carbocycles. The van der Waals surface area contributed by atoms with E-state index in [1.165, 1.54) is 5.56 Å². The van der Waals surface area contributed by atoms with Crippen molar-refractivity contribution in [2.75, 3.05) is 0 Å². The van der Waals surface area contributed by atoms with E-state index in [4.69, 9.17) is 0 Å². The van der Waals surface area contributed by atoms with Gasteiger partial charge in [-0.15, -0.1) is 0 Å². The van der Waals surface area contributed by atoms with Crippen molar-refractivity contribution in [2.45, 2.75) is 5.92 Å². The van der Waals surface area contributed by atoms with Gasteiger partial charge in [-0.3, -0.25) is 0 Å². The van der Waals surface area contributed by atoms with E-state index >= 15 is 0 Å². The van der Waals surface area contributed by atoms with E-state index in [2.05, 4.69) is 26.0 Å². The van der Waals surface area contributed by atoms with Crippen molar-refractivity contribution in [3.63, 3.8) is 0 Å². The normalized spacial score (nSPS) is 13.6. The molecule has 0 N–H and O–H groups in total. The molecule has 0 nitrogen and oxygen atoms in total. The standard InChI is InChI=1S/C11H12/c1-3-7-10(2)11-8-5-4-6-9-11/h3-10H,1-2H2. The third-order valence-corrected chi connectivity index (χ3v) is 1.60. The van der Waals surface area contributed by atoms with Crippen LogP contribution >= 0.6 is 0 Å². The molecule has 0 amide bonds. The second kappa shape index (κ2) is 3.97. The topological polar surface area (TPSA) is 0 Å². The predicted molar refractivity (Wildman–Crippen MR) is 49.0 cm³/mol. The zero-order valence-corrected chi connectivity index (χ0v) is 6.53. The highest BCUT2D eigenvalue weighted by Crippen LogP contribution is 2.14. The third-order valence-electron chi connectivity index (χ3n) is 1.60. The van der Waals surface area contributed by atoms with Crippen molar-refractivity contribution in [3.8, 4) is 0 Å². The quantitative estimate of drug-likeness (QED) is 0.598. The summed E-state index contributed by atoms with van der Waals surface area (Å²) >= 11 is 0. The fourth-order valence-electron chi connectivity index (χ4n) is 0.976. The number of hydrogen-bond donors (Lipinski definition) is 0. The third kappa shape index (κ3) is 2.23. The first-order valence-corrected chi connectivity index (χ1v) is 3.68. The number of hydrogen-bond acceptors (Lipinski definition) is 0. The van der Waals surface area contributed by atoms with Gasteiger partial charge in [-0.05, 0) is 19.4 Å². The monoisotopic (exact) mass is 144 g/mol. The largest absolute Gasteiger partial charge is 0.0876 e. The van der Waals surface area contributed by atoms with Gasteiger partial charge in [0.25, 0.3) is 0 Å². The molecule has 0 aliphatic heterocycles. The van der Waals surface area contributed by atoms with E-state index in [1.807, 2.05) is 24.3 Å². The molecule has 0 aromatic heterocycles. The number of rotatable bonds is 2. The van der Waals surface area contributed by atoms with Crippen LogP contribution in [0.25, 0.3) is 0 Å². The molecule has 2 radical (unpaired) electrons. The summed E-state index contributed by atoms with van der Waals surface area (Å²) in [6.07, 6.45) is 3.76. The molecule has 1 aromatic carbocycles. The molecule has 1 unspecified atom stereocenters. The van der Waals surface area contributed by atoms with Crippen molar-refractivity contribution < 1.29 is 0 Å². The van der Waals surface area contributed by atoms with Gasteiger partial charge in [0.05, 0.1) is 0 Å². The van der Waals surface area contributed by atoms with E-state index in [0.717, 1.165) is 0 Å². The summed E-state index contributed by atoms with van der Waals surface area (Å²) in [4.78, 5) is 0. The van der Waals surface area contributed by atoms with Crippen LogP contribution in [-0.2, 0) is 0 Å². The highest BCUT2D eigenvalue weighted by atomic mass is 14.0. The molecular weight excluding hydrogens is 132 g/mol. The van der Waals surface area contributed by atoms with E-state index in [0.29, 0.717) is 0 Å². The minimum atomic E-state index is 0.230. The second-order valence-corrected chi connectivity index (χ2v) is 2.45. The summed E-state index contributed by atoms with van der Waals surface area (Å²) < 4.78 is 0. The molecule has 0 heterocycles. The molecule has 0 saturated heterocycles. The van der Waals surface area contributed by atoms with Gasteiger partial charge in [0, 0.05) is 5.92 Å². The zero-order valence-electron chi connectivity index (χ0n) is 6.53. The van der Waals surface area contributed by atoms with Gasteiger partial charge in [0.2, 0.25) is 0 Å². The van der Waals surface area contributed by atoms with Crippen LogP contribution in [0, 0.1) is 13.8 Å². The Labute approximate surface area is 68.6 Å². The second-order valence-electron chi connectivity index (χ2n) is 2.45. The highest BCUT2D eigenvalue weighted by molar-refractivity contribution is 5.24. The van der Waals surface area contributed by atoms with Crippen LogP contribution in [-0.4, -0.2) is 0 Å². The molecule has 0 heteroatoms. The minimum absolute atomic E-state index is 0.230. The molecule has 11 heavy (non-hydrogen) atoms. The lowest BCUT2D eigenvalue weighted by Crippen LogP contribution is -1.87. The summed E-state index contributed by atoms with van der Waals surface area (Å²) in [7, 11) is 0. The summed E-state index contributed by atoms with van der Waals surface area (Å²) in [6.45, 7) is 7.60. The van der Waals surface area contributed by atoms with Gasteiger partial charge < -0.3 is 0 Å². The first-order chi connectivity index (χ1) is 5.34. The summed E-state index contributed by atoms with van der Waals surface area (Å²) in [5.41, 5.74) is 1.23. The molecule has 0 spiro atoms. The molecule has 1 atom stereocenters. The average molecular weight is 144 g/mol. The Hall–Kier alpha value is -1.04. The van der Waals surface area contributed by atoms with Crippen molar-refractivity contribution in [2.24, 2.45) is 0 Å². The lowest BCUT2D eigenvalue weighted by Gasteiger charge is -2.04. The smallest absolute Gasteiger partial charge is 0.00182 e. The minimum Gasteiger partial charge on any atom is -0.0876 e. The molecule has 0 fully saturated rings. The maximum Gasteiger partial charge on any atom is 0.00182 e. The highest BCUT2D eigenvalue weighted by Gasteiger charge is 1.97. The van der Waals surface area contributed by atoms with Crippen LogP contribution in [0.15, 0.2) is 42.5 Å². The van der Waals surface area contributed by atoms with Gasteiger partial charge in [-0.1, -0.05) is 42.5 Å². The molecule has 56 valence electrons. The van der Waals surface area contributed by atoms with Crippen LogP contribution in [0.2, 0.25) is 0 Å². The Morgan fingerprint density at radius 2 is 1.82 bits per heavy atom. The van der Waals surface area contributed by atoms with Crippen LogP contribution in [0.1, 0.15) is 11.5 Å². The van der Waals surface area contributed by atoms with E-state index < -0.39 is 0 Å². The van der Waals surface area contributed by atoms with Gasteiger partial charge >= 0.3 is 0 Å². The van der Waals surface area contributed by atoms with Crippen molar-refractivity contribution in [1.29, 1.82) is 0 Å². The van der Waals surface area contributed by atoms with Crippen LogP contribution in [0.3, 0.4) is 0 Å². The van der Waals surface area contributed by atoms with Crippen LogP contribution in [0.4, 0.5) is 0 Å². The fourth-order valence-corrected chi connectivity index (χ4v) is 0.976. The predicted octanol–water partition coefficient (Wildman–Crippen LogP) is 2.99. The Morgan fingerprint density at radius 3 is 2.36 bits per heavy atom. The first kappa shape index (κ1) is 8.06. The maximum atomic E-state index is 3.97. The summed E-state index contributed by atoms with van der Waals surface area (Å²) in [6, 6.07) is 10.2. The zero-order chi connectivity index (χ0) is 8.10. The molecule has 1 rings (SSSR count). The van der Waals surface area contributed by atoms with Crippen molar-refractivity contribution >= 4 is 0 Å². The van der Waals surface area contributed by atoms with Crippen molar-refractivity contribution in [3.05, 3.63) is 61.9 Å². The van der Waals surface area contributed by atoms with E-state index in [1.54, 1.807) is 6.08 Å². The Morgan fingerprint density at radius 1 is 1.18 bits per heavy atom. The fraction of sp³-hybridized carbons (Fsp3) is 0.0909. The average Bonchev–Trinajstić information content (AvgIpc) is 2.07. The summed E-state index contributed by atoms with van der Waals surface area (Å²) in [5.74, 6) is 0.230. The van der Waals surface area contributed by atoms with E-state index in [9.17, 15) is 0 Å². The Bertz CT molecular complexity index is 221. The lowest BCUT2D eigenvalue weighted by molar-refractivity contribution is 1.08. The molecule has 0 aliphatic rings. The molecule has 0 aliphatic carbocycles. The van der Waals surface area contributed by atoms with Gasteiger partial charge in [-0.25, -0.2) is 0 Å². The molecule has 1 aromatic rings. The lowest BCUT2D eigenvalue weighted by atomic mass is 10.0. The summed E-state index contributed by atoms with van der Waals surface area (Å²) in [5, 5.41) is 0. The van der Waals surface area contributed by atoms with Gasteiger partial charge in [0.15, 0.2) is 0 Å². The van der Waals surface area contributed by atoms with Gasteiger partial charge in [-0.2, -0.15) is 0 Å². The van der Waals surface area contributed by atoms with Crippen molar-refractivity contribution in [1.82, 2.24) is 0 Å². The first-order valence-electron chi connectivity index (χ1n) is 3.68. The number of allylic oxidation sites excluding steroid dienone is 2. The van der Waals surface area contributed by atoms with Crippen LogP contribution in [0.5, 0.6) is 0 Å². The maximum absolute atomic E-state index is 3.97. The van der Waals surface area contributed by atoms with Crippen LogP contribution < -0.4 is 0 Å². The molecule has 0 bridgehead atoms.